The molecule has 0 unspecified atom stereocenters. The summed E-state index contributed by atoms with van der Waals surface area (Å²) in [5, 5.41) is 11.5. The Morgan fingerprint density at radius 2 is 2.19 bits per heavy atom. The number of rotatable bonds is 3. The van der Waals surface area contributed by atoms with Crippen molar-refractivity contribution in [3.8, 4) is 11.8 Å². The van der Waals surface area contributed by atoms with Crippen LogP contribution in [0.5, 0.6) is 0 Å². The second-order valence-corrected chi connectivity index (χ2v) is 6.59. The zero-order valence-electron chi connectivity index (χ0n) is 10.8. The fraction of sp³-hybridized carbons (Fsp3) is 0.133. The van der Waals surface area contributed by atoms with Crippen LogP contribution in [-0.4, -0.2) is 17.6 Å². The molecule has 0 bridgehead atoms. The second kappa shape index (κ2) is 7.36. The van der Waals surface area contributed by atoms with Crippen molar-refractivity contribution in [2.45, 2.75) is 6.54 Å². The van der Waals surface area contributed by atoms with Crippen LogP contribution in [0.15, 0.2) is 34.1 Å². The first-order chi connectivity index (χ1) is 10.1. The van der Waals surface area contributed by atoms with Gasteiger partial charge in [0.2, 0.25) is 0 Å². The number of thiophene rings is 1. The van der Waals surface area contributed by atoms with Crippen LogP contribution in [0.1, 0.15) is 20.8 Å². The van der Waals surface area contributed by atoms with E-state index >= 15 is 0 Å². The molecule has 6 heteroatoms. The Balaban J connectivity index is 2.14. The number of carbonyl (C=O) groups is 1. The van der Waals surface area contributed by atoms with Crippen molar-refractivity contribution < 1.29 is 14.3 Å². The van der Waals surface area contributed by atoms with E-state index in [0.29, 0.717) is 6.54 Å². The van der Waals surface area contributed by atoms with Gasteiger partial charge in [-0.15, -0.1) is 11.3 Å². The molecule has 0 fully saturated rings. The molecule has 108 valence electrons. The Morgan fingerprint density at radius 3 is 2.86 bits per heavy atom. The summed E-state index contributed by atoms with van der Waals surface area (Å²) < 4.78 is 14.2. The zero-order chi connectivity index (χ0) is 15.2. The molecule has 1 aromatic heterocycles. The predicted molar refractivity (Wildman–Crippen MR) is 83.6 cm³/mol. The zero-order valence-corrected chi connectivity index (χ0v) is 13.2. The number of nitrogens with one attached hydrogen (secondary N) is 1. The molecule has 1 heterocycles. The summed E-state index contributed by atoms with van der Waals surface area (Å²) >= 11 is 4.88. The molecule has 0 aliphatic carbocycles. The SMILES string of the molecule is O=C(NCc1ccc(Br)s1)c1ccc(F)cc1C#CCO. The van der Waals surface area contributed by atoms with Crippen LogP contribution in [0.4, 0.5) is 4.39 Å². The number of amides is 1. The monoisotopic (exact) mass is 367 g/mol. The molecule has 0 saturated carbocycles. The Bertz CT molecular complexity index is 718. The van der Waals surface area contributed by atoms with Crippen LogP contribution in [-0.2, 0) is 6.54 Å². The van der Waals surface area contributed by atoms with Crippen LogP contribution >= 0.6 is 27.3 Å². The number of aliphatic hydroxyl groups excluding tert-OH is 1. The molecular formula is C15H11BrFNO2S. The summed E-state index contributed by atoms with van der Waals surface area (Å²) in [5.41, 5.74) is 0.543. The minimum atomic E-state index is -0.476. The maximum atomic E-state index is 13.2. The molecular weight excluding hydrogens is 357 g/mol. The summed E-state index contributed by atoms with van der Waals surface area (Å²) in [6.07, 6.45) is 0. The number of hydrogen-bond donors (Lipinski definition) is 2. The van der Waals surface area contributed by atoms with Crippen molar-refractivity contribution in [2.75, 3.05) is 6.61 Å². The average molecular weight is 368 g/mol. The van der Waals surface area contributed by atoms with Gasteiger partial charge in [0.15, 0.2) is 0 Å². The minimum absolute atomic E-state index is 0.258. The predicted octanol–water partition coefficient (Wildman–Crippen LogP) is 2.92. The lowest BCUT2D eigenvalue weighted by atomic mass is 10.1. The third-order valence-electron chi connectivity index (χ3n) is 2.58. The van der Waals surface area contributed by atoms with Gasteiger partial charge in [0, 0.05) is 10.4 Å². The second-order valence-electron chi connectivity index (χ2n) is 4.04. The normalized spacial score (nSPS) is 9.86. The molecule has 21 heavy (non-hydrogen) atoms. The van der Waals surface area contributed by atoms with E-state index in [2.05, 4.69) is 33.1 Å². The van der Waals surface area contributed by atoms with Crippen molar-refractivity contribution >= 4 is 33.2 Å². The summed E-state index contributed by atoms with van der Waals surface area (Å²) in [5.74, 6) is 4.19. The first kappa shape index (κ1) is 15.7. The topological polar surface area (TPSA) is 49.3 Å². The van der Waals surface area contributed by atoms with Gasteiger partial charge in [-0.1, -0.05) is 11.8 Å². The Labute approximate surface area is 133 Å². The van der Waals surface area contributed by atoms with E-state index in [1.807, 2.05) is 12.1 Å². The van der Waals surface area contributed by atoms with Crippen molar-refractivity contribution in [1.29, 1.82) is 0 Å². The van der Waals surface area contributed by atoms with Gasteiger partial charge in [0.1, 0.15) is 12.4 Å². The Morgan fingerprint density at radius 1 is 1.38 bits per heavy atom. The van der Waals surface area contributed by atoms with E-state index in [1.165, 1.54) is 29.5 Å². The number of aliphatic hydroxyl groups is 1. The summed E-state index contributed by atoms with van der Waals surface area (Å²) in [4.78, 5) is 13.1. The fourth-order valence-electron chi connectivity index (χ4n) is 1.66. The maximum Gasteiger partial charge on any atom is 0.252 e. The summed E-state index contributed by atoms with van der Waals surface area (Å²) in [6.45, 7) is 0.0418. The largest absolute Gasteiger partial charge is 0.384 e. The molecule has 1 amide bonds. The number of halogens is 2. The fourth-order valence-corrected chi connectivity index (χ4v) is 3.08. The lowest BCUT2D eigenvalue weighted by molar-refractivity contribution is 0.0951. The maximum absolute atomic E-state index is 13.2. The molecule has 3 nitrogen and oxygen atoms in total. The van der Waals surface area contributed by atoms with Gasteiger partial charge in [-0.3, -0.25) is 4.79 Å². The number of hydrogen-bond acceptors (Lipinski definition) is 3. The van der Waals surface area contributed by atoms with Gasteiger partial charge < -0.3 is 10.4 Å². The van der Waals surface area contributed by atoms with Gasteiger partial charge in [-0.2, -0.15) is 0 Å². The smallest absolute Gasteiger partial charge is 0.252 e. The average Bonchev–Trinajstić information content (AvgIpc) is 2.88. The first-order valence-corrected chi connectivity index (χ1v) is 7.63. The van der Waals surface area contributed by atoms with Crippen LogP contribution in [0.2, 0.25) is 0 Å². The van der Waals surface area contributed by atoms with Crippen molar-refractivity contribution in [1.82, 2.24) is 5.32 Å². The van der Waals surface area contributed by atoms with E-state index in [9.17, 15) is 9.18 Å². The van der Waals surface area contributed by atoms with Gasteiger partial charge in [-0.25, -0.2) is 4.39 Å². The number of benzene rings is 1. The molecule has 0 radical (unpaired) electrons. The third kappa shape index (κ3) is 4.39. The summed E-state index contributed by atoms with van der Waals surface area (Å²) in [7, 11) is 0. The van der Waals surface area contributed by atoms with Crippen LogP contribution in [0.25, 0.3) is 0 Å². The quantitative estimate of drug-likeness (QED) is 0.819. The lowest BCUT2D eigenvalue weighted by Crippen LogP contribution is -2.23. The van der Waals surface area contributed by atoms with Crippen LogP contribution in [0.3, 0.4) is 0 Å². The molecule has 2 aromatic rings. The molecule has 0 spiro atoms. The first-order valence-electron chi connectivity index (χ1n) is 6.02. The highest BCUT2D eigenvalue weighted by atomic mass is 79.9. The van der Waals surface area contributed by atoms with E-state index in [0.717, 1.165) is 8.66 Å². The standard InChI is InChI=1S/C15H11BrFNO2S/c16-14-6-4-12(21-14)9-18-15(20)13-5-3-11(17)8-10(13)2-1-7-19/h3-6,8,19H,7,9H2,(H,18,20). The van der Waals surface area contributed by atoms with Gasteiger partial charge in [-0.05, 0) is 46.3 Å². The van der Waals surface area contributed by atoms with Crippen LogP contribution in [0, 0.1) is 17.7 Å². The molecule has 0 aliphatic heterocycles. The van der Waals surface area contributed by atoms with Gasteiger partial charge >= 0.3 is 0 Å². The lowest BCUT2D eigenvalue weighted by Gasteiger charge is -2.06. The Hall–Kier alpha value is -1.68. The van der Waals surface area contributed by atoms with E-state index < -0.39 is 5.82 Å². The van der Waals surface area contributed by atoms with Gasteiger partial charge in [0.25, 0.3) is 5.91 Å². The van der Waals surface area contributed by atoms with Crippen molar-refractivity contribution in [3.05, 3.63) is 55.9 Å². The molecule has 1 aromatic carbocycles. The van der Waals surface area contributed by atoms with E-state index in [1.54, 1.807) is 0 Å². The van der Waals surface area contributed by atoms with Crippen LogP contribution < -0.4 is 5.32 Å². The van der Waals surface area contributed by atoms with Crippen molar-refractivity contribution in [2.24, 2.45) is 0 Å². The molecule has 0 saturated heterocycles. The van der Waals surface area contributed by atoms with E-state index in [-0.39, 0.29) is 23.6 Å². The van der Waals surface area contributed by atoms with Crippen molar-refractivity contribution in [3.63, 3.8) is 0 Å². The third-order valence-corrected chi connectivity index (χ3v) is 4.20. The molecule has 2 rings (SSSR count). The number of carbonyl (C=O) groups excluding carboxylic acids is 1. The highest BCUT2D eigenvalue weighted by Crippen LogP contribution is 2.22. The highest BCUT2D eigenvalue weighted by Gasteiger charge is 2.11. The Kier molecular flexibility index (Phi) is 5.51. The molecule has 0 aliphatic rings. The molecule has 2 N–H and O–H groups in total. The van der Waals surface area contributed by atoms with E-state index in [4.69, 9.17) is 5.11 Å². The summed E-state index contributed by atoms with van der Waals surface area (Å²) in [6, 6.07) is 7.59. The molecule has 0 atom stereocenters. The minimum Gasteiger partial charge on any atom is -0.384 e. The highest BCUT2D eigenvalue weighted by molar-refractivity contribution is 9.11. The van der Waals surface area contributed by atoms with Gasteiger partial charge in [0.05, 0.1) is 15.9 Å².